The largest absolute Gasteiger partial charge is 0.329 e. The van der Waals surface area contributed by atoms with Crippen LogP contribution in [0.15, 0.2) is 48.5 Å². The molecule has 8 nitrogen and oxygen atoms in total. The lowest BCUT2D eigenvalue weighted by Crippen LogP contribution is -2.52. The molecule has 3 aromatic rings. The third-order valence-corrected chi connectivity index (χ3v) is 16.6. The van der Waals surface area contributed by atoms with E-state index in [2.05, 4.69) is 112 Å². The first-order valence-electron chi connectivity index (χ1n) is 23.8. The second-order valence-electron chi connectivity index (χ2n) is 22.1. The number of carbonyl (C=O) groups excluding carboxylic acids is 3. The number of nitrogens with zero attached hydrogens (tertiary/aromatic N) is 2. The van der Waals surface area contributed by atoms with Crippen LogP contribution in [0, 0.1) is 16.7 Å². The zero-order chi connectivity index (χ0) is 43.1. The molecule has 2 aliphatic heterocycles. The van der Waals surface area contributed by atoms with Crippen molar-refractivity contribution in [1.82, 2.24) is 15.1 Å². The number of rotatable bonds is 9. The molecule has 4 fully saturated rings. The third kappa shape index (κ3) is 7.45. The Morgan fingerprint density at radius 3 is 1.59 bits per heavy atom. The van der Waals surface area contributed by atoms with Crippen LogP contribution in [0.25, 0.3) is 22.3 Å². The topological polar surface area (TPSA) is 93.8 Å². The first-order valence-corrected chi connectivity index (χ1v) is 23.8. The second kappa shape index (κ2) is 15.7. The van der Waals surface area contributed by atoms with Crippen LogP contribution in [0.3, 0.4) is 0 Å². The van der Waals surface area contributed by atoms with Gasteiger partial charge in [0, 0.05) is 24.5 Å². The maximum atomic E-state index is 14.5. The van der Waals surface area contributed by atoms with E-state index in [0.29, 0.717) is 12.0 Å². The number of anilines is 2. The summed E-state index contributed by atoms with van der Waals surface area (Å²) in [4.78, 5) is 46.6. The van der Waals surface area contributed by atoms with Crippen molar-refractivity contribution >= 4 is 29.1 Å². The van der Waals surface area contributed by atoms with Gasteiger partial charge in [0.05, 0.1) is 12.1 Å². The Morgan fingerprint density at radius 2 is 1.11 bits per heavy atom. The molecule has 3 unspecified atom stereocenters. The minimum Gasteiger partial charge on any atom is -0.329 e. The monoisotopic (exact) mass is 826 g/mol. The van der Waals surface area contributed by atoms with Crippen LogP contribution in [-0.4, -0.2) is 72.8 Å². The maximum Gasteiger partial charge on any atom is 0.247 e. The quantitative estimate of drug-likeness (QED) is 0.200. The summed E-state index contributed by atoms with van der Waals surface area (Å²) < 4.78 is 0. The molecule has 9 rings (SSSR count). The van der Waals surface area contributed by atoms with Crippen molar-refractivity contribution in [1.29, 1.82) is 0 Å². The summed E-state index contributed by atoms with van der Waals surface area (Å²) >= 11 is 0. The minimum atomic E-state index is -0.486. The van der Waals surface area contributed by atoms with Gasteiger partial charge in [-0.2, -0.15) is 0 Å². The number of fused-ring (bicyclic) bond motifs is 2. The van der Waals surface area contributed by atoms with Crippen LogP contribution < -0.4 is 16.0 Å². The number of likely N-dealkylation sites (tertiary alicyclic amines) is 2. The summed E-state index contributed by atoms with van der Waals surface area (Å²) in [6.45, 7) is 15.4. The van der Waals surface area contributed by atoms with Gasteiger partial charge in [-0.05, 0) is 175 Å². The van der Waals surface area contributed by atoms with Crippen LogP contribution in [0.4, 0.5) is 11.4 Å². The summed E-state index contributed by atoms with van der Waals surface area (Å²) in [6, 6.07) is 16.3. The van der Waals surface area contributed by atoms with Crippen LogP contribution in [0.5, 0.6) is 0 Å². The molecule has 6 aliphatic rings. The molecule has 3 aromatic carbocycles. The molecular formula is C53H71N5O3. The molecule has 3 amide bonds. The van der Waals surface area contributed by atoms with Gasteiger partial charge in [0.1, 0.15) is 6.04 Å². The van der Waals surface area contributed by atoms with Crippen molar-refractivity contribution < 1.29 is 14.4 Å². The number of carbonyl (C=O) groups is 3. The van der Waals surface area contributed by atoms with Crippen LogP contribution in [0.2, 0.25) is 0 Å². The summed E-state index contributed by atoms with van der Waals surface area (Å²) in [5, 5.41) is 9.98. The number of nitrogens with one attached hydrogen (secondary N) is 3. The van der Waals surface area contributed by atoms with Gasteiger partial charge in [-0.15, -0.1) is 0 Å². The van der Waals surface area contributed by atoms with Crippen LogP contribution >= 0.6 is 0 Å². The van der Waals surface area contributed by atoms with Gasteiger partial charge in [-0.25, -0.2) is 0 Å². The van der Waals surface area contributed by atoms with Crippen molar-refractivity contribution in [3.63, 3.8) is 0 Å². The fourth-order valence-electron chi connectivity index (χ4n) is 13.5. The zero-order valence-corrected chi connectivity index (χ0v) is 38.4. The van der Waals surface area contributed by atoms with Gasteiger partial charge < -0.3 is 20.9 Å². The molecule has 2 heterocycles. The number of hydrogen-bond donors (Lipinski definition) is 3. The van der Waals surface area contributed by atoms with E-state index in [0.717, 1.165) is 74.8 Å². The lowest BCUT2D eigenvalue weighted by Gasteiger charge is -2.31. The molecular weight excluding hydrogens is 755 g/mol. The highest BCUT2D eigenvalue weighted by atomic mass is 16.2. The van der Waals surface area contributed by atoms with Gasteiger partial charge in [0.15, 0.2) is 0 Å². The van der Waals surface area contributed by atoms with Gasteiger partial charge in [0.25, 0.3) is 0 Å². The van der Waals surface area contributed by atoms with Gasteiger partial charge in [-0.3, -0.25) is 19.3 Å². The van der Waals surface area contributed by atoms with Gasteiger partial charge in [0.2, 0.25) is 17.7 Å². The van der Waals surface area contributed by atoms with E-state index in [1.165, 1.54) is 77.5 Å². The highest BCUT2D eigenvalue weighted by molar-refractivity contribution is 6.00. The molecule has 2 saturated heterocycles. The molecule has 61 heavy (non-hydrogen) atoms. The summed E-state index contributed by atoms with van der Waals surface area (Å²) in [6.07, 6.45) is 15.3. The number of benzene rings is 3. The molecule has 0 aromatic heterocycles. The fraction of sp³-hybridized carbons (Fsp3) is 0.604. The number of amides is 3. The number of hydrogen-bond acceptors (Lipinski definition) is 5. The third-order valence-electron chi connectivity index (χ3n) is 16.6. The Kier molecular flexibility index (Phi) is 10.9. The van der Waals surface area contributed by atoms with E-state index >= 15 is 0 Å². The Bertz CT molecular complexity index is 2230. The van der Waals surface area contributed by atoms with E-state index in [9.17, 15) is 14.4 Å². The lowest BCUT2D eigenvalue weighted by molar-refractivity contribution is -0.139. The normalized spacial score (nSPS) is 24.8. The molecule has 8 heteroatoms. The molecule has 3 atom stereocenters. The standard InChI is InChI=1S/C53H71N5O3/c1-33(2)46(54-7)49(61)58-32-53(23-11-12-24-53)30-41(58)48(60)56-37-18-14-16-35(28-37)43-39-20-26-50(3,4)44(39)42(38-19-25-51(5,6)45(38)43)34-15-13-17-36(27-34)55-47(59)40-29-52(31-57(40)8)21-9-10-22-52/h13-18,27-28,33,40-41,46,54H,9-12,19-26,29-32H2,1-8H3,(H,55,59)(H,56,60). The SMILES string of the molecule is CNC(C(=O)N1CC2(CCCC2)CC1C(=O)Nc1cccc(-c2c3c(c(-c4cccc(NC(=O)C5CC6(CCCC6)CN5C)c4)c4c2C(C)(C)CC4)C(C)(C)CC3)c1)C(C)C. The van der Waals surface area contributed by atoms with Crippen molar-refractivity contribution in [3.8, 4) is 22.3 Å². The molecule has 0 bridgehead atoms. The van der Waals surface area contributed by atoms with E-state index in [-0.39, 0.29) is 52.0 Å². The number of likely N-dealkylation sites (N-methyl/N-ethyl adjacent to an activating group) is 2. The van der Waals surface area contributed by atoms with Crippen molar-refractivity contribution in [3.05, 3.63) is 70.8 Å². The summed E-state index contributed by atoms with van der Waals surface area (Å²) in [5.74, 6) is 0.202. The lowest BCUT2D eigenvalue weighted by atomic mass is 9.73. The van der Waals surface area contributed by atoms with Gasteiger partial charge in [-0.1, -0.05) is 91.5 Å². The molecule has 0 radical (unpaired) electrons. The van der Waals surface area contributed by atoms with Gasteiger partial charge >= 0.3 is 0 Å². The Morgan fingerprint density at radius 1 is 0.656 bits per heavy atom. The van der Waals surface area contributed by atoms with E-state index in [1.54, 1.807) is 0 Å². The summed E-state index contributed by atoms with van der Waals surface area (Å²) in [5.41, 5.74) is 12.7. The van der Waals surface area contributed by atoms with Crippen molar-refractivity contribution in [2.24, 2.45) is 16.7 Å². The Balaban J connectivity index is 1.05. The van der Waals surface area contributed by atoms with E-state index in [1.807, 2.05) is 18.0 Å². The second-order valence-corrected chi connectivity index (χ2v) is 22.1. The van der Waals surface area contributed by atoms with Crippen molar-refractivity contribution in [2.75, 3.05) is 37.8 Å². The predicted octanol–water partition coefficient (Wildman–Crippen LogP) is 10.0. The highest BCUT2D eigenvalue weighted by Gasteiger charge is 2.51. The van der Waals surface area contributed by atoms with Crippen LogP contribution in [-0.2, 0) is 38.1 Å². The predicted molar refractivity (Wildman–Crippen MR) is 248 cm³/mol. The highest BCUT2D eigenvalue weighted by Crippen LogP contribution is 2.57. The minimum absolute atomic E-state index is 0.0340. The first-order chi connectivity index (χ1) is 29.0. The molecule has 3 N–H and O–H groups in total. The molecule has 2 saturated carbocycles. The maximum absolute atomic E-state index is 14.5. The Labute approximate surface area is 365 Å². The smallest absolute Gasteiger partial charge is 0.247 e. The average molecular weight is 826 g/mol. The molecule has 2 spiro atoms. The average Bonchev–Trinajstić information content (AvgIpc) is 4.09. The zero-order valence-electron chi connectivity index (χ0n) is 38.4. The first kappa shape index (κ1) is 42.3. The van der Waals surface area contributed by atoms with E-state index in [4.69, 9.17) is 0 Å². The van der Waals surface area contributed by atoms with Crippen molar-refractivity contribution in [2.45, 2.75) is 160 Å². The fourth-order valence-corrected chi connectivity index (χ4v) is 13.5. The van der Waals surface area contributed by atoms with Crippen LogP contribution in [0.1, 0.15) is 141 Å². The summed E-state index contributed by atoms with van der Waals surface area (Å²) in [7, 11) is 3.98. The Hall–Kier alpha value is -4.01. The molecule has 4 aliphatic carbocycles. The molecule has 326 valence electrons. The van der Waals surface area contributed by atoms with E-state index < -0.39 is 6.04 Å².